The molecule has 3 rings (SSSR count). The number of benzene rings is 1. The van der Waals surface area contributed by atoms with Gasteiger partial charge in [0.25, 0.3) is 0 Å². The quantitative estimate of drug-likeness (QED) is 0.510. The molecule has 2 aliphatic heterocycles. The summed E-state index contributed by atoms with van der Waals surface area (Å²) in [7, 11) is 0. The van der Waals surface area contributed by atoms with Crippen molar-refractivity contribution in [3.05, 3.63) is 29.8 Å². The van der Waals surface area contributed by atoms with Crippen LogP contribution in [0.1, 0.15) is 44.6 Å². The third kappa shape index (κ3) is 7.72. The van der Waals surface area contributed by atoms with Crippen LogP contribution in [0.2, 0.25) is 0 Å². The van der Waals surface area contributed by atoms with Crippen molar-refractivity contribution in [2.24, 2.45) is 11.8 Å². The summed E-state index contributed by atoms with van der Waals surface area (Å²) < 4.78 is 63.9. The molecule has 170 valence electrons. The van der Waals surface area contributed by atoms with Gasteiger partial charge in [-0.1, -0.05) is 38.3 Å². The van der Waals surface area contributed by atoms with E-state index in [0.717, 1.165) is 25.2 Å². The molecule has 2 saturated heterocycles. The molecule has 0 aliphatic carbocycles. The lowest BCUT2D eigenvalue weighted by molar-refractivity contribution is -0.281. The third-order valence-electron chi connectivity index (χ3n) is 5.41. The second kappa shape index (κ2) is 11.3. The molecule has 8 heteroatoms. The first-order chi connectivity index (χ1) is 14.4. The summed E-state index contributed by atoms with van der Waals surface area (Å²) in [6, 6.07) is 5.87. The summed E-state index contributed by atoms with van der Waals surface area (Å²) in [4.78, 5) is 0. The first-order valence-corrected chi connectivity index (χ1v) is 10.7. The molecule has 0 bridgehead atoms. The maximum atomic E-state index is 12.2. The molecule has 0 aromatic heterocycles. The molecule has 0 spiro atoms. The molecule has 1 aromatic carbocycles. The van der Waals surface area contributed by atoms with Gasteiger partial charge >= 0.3 is 6.36 Å². The Labute approximate surface area is 175 Å². The van der Waals surface area contributed by atoms with Crippen molar-refractivity contribution in [3.8, 4) is 5.75 Å². The van der Waals surface area contributed by atoms with E-state index in [-0.39, 0.29) is 24.2 Å². The SMILES string of the molecule is CCCCC[C@H]1CO[C@H]([C@H]2CO[C@H](CCc3ccc(OC(F)(F)F)cc3)OC2)OC1. The zero-order chi connectivity index (χ0) is 21.4. The molecular weight excluding hydrogens is 401 g/mol. The van der Waals surface area contributed by atoms with Gasteiger partial charge in [0.2, 0.25) is 0 Å². The molecule has 2 aliphatic rings. The molecule has 0 saturated carbocycles. The van der Waals surface area contributed by atoms with Gasteiger partial charge in [-0.2, -0.15) is 0 Å². The van der Waals surface area contributed by atoms with Crippen molar-refractivity contribution in [3.63, 3.8) is 0 Å². The summed E-state index contributed by atoms with van der Waals surface area (Å²) in [6.45, 7) is 4.66. The molecule has 0 unspecified atom stereocenters. The van der Waals surface area contributed by atoms with Gasteiger partial charge in [-0.05, 0) is 30.5 Å². The van der Waals surface area contributed by atoms with Crippen LogP contribution in [0.4, 0.5) is 13.2 Å². The average molecular weight is 432 g/mol. The number of aryl methyl sites for hydroxylation is 1. The summed E-state index contributed by atoms with van der Waals surface area (Å²) in [5.41, 5.74) is 0.895. The van der Waals surface area contributed by atoms with Gasteiger partial charge in [0.05, 0.1) is 32.3 Å². The zero-order valence-electron chi connectivity index (χ0n) is 17.4. The van der Waals surface area contributed by atoms with Crippen molar-refractivity contribution >= 4 is 0 Å². The van der Waals surface area contributed by atoms with Crippen LogP contribution in [-0.4, -0.2) is 45.4 Å². The Morgan fingerprint density at radius 1 is 0.900 bits per heavy atom. The van der Waals surface area contributed by atoms with Crippen molar-refractivity contribution in [2.45, 2.75) is 64.4 Å². The van der Waals surface area contributed by atoms with Crippen molar-refractivity contribution < 1.29 is 36.9 Å². The first-order valence-electron chi connectivity index (χ1n) is 10.7. The number of hydrogen-bond acceptors (Lipinski definition) is 5. The van der Waals surface area contributed by atoms with E-state index in [9.17, 15) is 13.2 Å². The molecule has 2 heterocycles. The van der Waals surface area contributed by atoms with Gasteiger partial charge in [-0.25, -0.2) is 0 Å². The predicted octanol–water partition coefficient (Wildman–Crippen LogP) is 5.08. The van der Waals surface area contributed by atoms with Crippen LogP contribution in [0.15, 0.2) is 24.3 Å². The maximum Gasteiger partial charge on any atom is 0.573 e. The van der Waals surface area contributed by atoms with Crippen LogP contribution in [0.3, 0.4) is 0 Å². The summed E-state index contributed by atoms with van der Waals surface area (Å²) in [6.07, 6.45) is 0.785. The van der Waals surface area contributed by atoms with Gasteiger partial charge in [-0.15, -0.1) is 13.2 Å². The van der Waals surface area contributed by atoms with Gasteiger partial charge in [0.1, 0.15) is 5.75 Å². The van der Waals surface area contributed by atoms with Crippen LogP contribution in [-0.2, 0) is 25.4 Å². The van der Waals surface area contributed by atoms with E-state index < -0.39 is 6.36 Å². The Balaban J connectivity index is 1.32. The third-order valence-corrected chi connectivity index (χ3v) is 5.41. The molecule has 2 fully saturated rings. The molecule has 0 amide bonds. The Kier molecular flexibility index (Phi) is 8.80. The van der Waals surface area contributed by atoms with Gasteiger partial charge in [0, 0.05) is 12.3 Å². The highest BCUT2D eigenvalue weighted by Crippen LogP contribution is 2.26. The maximum absolute atomic E-state index is 12.2. The Morgan fingerprint density at radius 2 is 1.57 bits per heavy atom. The lowest BCUT2D eigenvalue weighted by atomic mass is 10.0. The normalized spacial score (nSPS) is 27.7. The van der Waals surface area contributed by atoms with E-state index >= 15 is 0 Å². The summed E-state index contributed by atoms with van der Waals surface area (Å²) in [5.74, 6) is 0.301. The van der Waals surface area contributed by atoms with Gasteiger partial charge < -0.3 is 23.7 Å². The minimum Gasteiger partial charge on any atom is -0.406 e. The van der Waals surface area contributed by atoms with Crippen molar-refractivity contribution in [1.29, 1.82) is 0 Å². The number of ether oxygens (including phenoxy) is 5. The lowest BCUT2D eigenvalue weighted by Gasteiger charge is -2.37. The second-order valence-corrected chi connectivity index (χ2v) is 7.98. The van der Waals surface area contributed by atoms with Crippen molar-refractivity contribution in [1.82, 2.24) is 0 Å². The average Bonchev–Trinajstić information content (AvgIpc) is 2.73. The Hall–Kier alpha value is -1.35. The minimum atomic E-state index is -4.68. The molecule has 0 atom stereocenters. The molecule has 5 nitrogen and oxygen atoms in total. The van der Waals surface area contributed by atoms with Crippen LogP contribution >= 0.6 is 0 Å². The van der Waals surface area contributed by atoms with E-state index in [1.807, 2.05) is 0 Å². The second-order valence-electron chi connectivity index (χ2n) is 7.98. The highest BCUT2D eigenvalue weighted by atomic mass is 19.4. The topological polar surface area (TPSA) is 46.2 Å². The molecule has 0 radical (unpaired) electrons. The lowest BCUT2D eigenvalue weighted by Crippen LogP contribution is -2.44. The molecule has 30 heavy (non-hydrogen) atoms. The fraction of sp³-hybridized carbons (Fsp3) is 0.727. The largest absolute Gasteiger partial charge is 0.573 e. The van der Waals surface area contributed by atoms with Gasteiger partial charge in [-0.3, -0.25) is 0 Å². The number of hydrogen-bond donors (Lipinski definition) is 0. The molecule has 1 aromatic rings. The number of unbranched alkanes of at least 4 members (excludes halogenated alkanes) is 2. The number of halogens is 3. The Bertz CT molecular complexity index is 606. The van der Waals surface area contributed by atoms with Crippen LogP contribution in [0.5, 0.6) is 5.75 Å². The fourth-order valence-corrected chi connectivity index (χ4v) is 3.70. The summed E-state index contributed by atoms with van der Waals surface area (Å²) in [5, 5.41) is 0. The van der Waals surface area contributed by atoms with E-state index in [4.69, 9.17) is 18.9 Å². The number of rotatable bonds is 9. The van der Waals surface area contributed by atoms with E-state index in [1.54, 1.807) is 12.1 Å². The molecule has 0 N–H and O–H groups in total. The van der Waals surface area contributed by atoms with E-state index in [1.165, 1.54) is 31.4 Å². The minimum absolute atomic E-state index is 0.0524. The van der Waals surface area contributed by atoms with Crippen LogP contribution in [0.25, 0.3) is 0 Å². The number of alkyl halides is 3. The zero-order valence-corrected chi connectivity index (χ0v) is 17.4. The predicted molar refractivity (Wildman–Crippen MR) is 104 cm³/mol. The van der Waals surface area contributed by atoms with Crippen LogP contribution < -0.4 is 4.74 Å². The fourth-order valence-electron chi connectivity index (χ4n) is 3.70. The first kappa shape index (κ1) is 23.3. The van der Waals surface area contributed by atoms with Crippen molar-refractivity contribution in [2.75, 3.05) is 26.4 Å². The highest BCUT2D eigenvalue weighted by Gasteiger charge is 2.33. The Morgan fingerprint density at radius 3 is 2.17 bits per heavy atom. The smallest absolute Gasteiger partial charge is 0.406 e. The van der Waals surface area contributed by atoms with E-state index in [0.29, 0.717) is 32.0 Å². The van der Waals surface area contributed by atoms with Crippen LogP contribution in [0, 0.1) is 11.8 Å². The standard InChI is InChI=1S/C22H31F3O5/c1-2-3-4-5-17-12-28-21(29-13-17)18-14-26-20(27-15-18)11-8-16-6-9-19(10-7-16)30-22(23,24)25/h6-7,9-10,17-18,20-21H,2-5,8,11-15H2,1H3/t17-,18-,20-,21-. The van der Waals surface area contributed by atoms with Gasteiger partial charge in [0.15, 0.2) is 12.6 Å². The monoisotopic (exact) mass is 432 g/mol. The highest BCUT2D eigenvalue weighted by molar-refractivity contribution is 5.27. The van der Waals surface area contributed by atoms with E-state index in [2.05, 4.69) is 11.7 Å². The summed E-state index contributed by atoms with van der Waals surface area (Å²) >= 11 is 0. The molecular formula is C22H31F3O5.